The molecule has 1 saturated carbocycles. The van der Waals surface area contributed by atoms with Gasteiger partial charge in [-0.3, -0.25) is 4.79 Å². The van der Waals surface area contributed by atoms with Crippen LogP contribution in [-0.2, 0) is 4.79 Å². The largest absolute Gasteiger partial charge is 0.478 e. The van der Waals surface area contributed by atoms with Gasteiger partial charge in [-0.15, -0.1) is 0 Å². The quantitative estimate of drug-likeness (QED) is 0.513. The summed E-state index contributed by atoms with van der Waals surface area (Å²) >= 11 is 0. The fourth-order valence-corrected chi connectivity index (χ4v) is 3.65. The van der Waals surface area contributed by atoms with Crippen LogP contribution in [-0.4, -0.2) is 16.9 Å². The van der Waals surface area contributed by atoms with Crippen molar-refractivity contribution in [3.05, 3.63) is 35.4 Å². The van der Waals surface area contributed by atoms with Gasteiger partial charge in [0.2, 0.25) is 0 Å². The summed E-state index contributed by atoms with van der Waals surface area (Å²) in [5.74, 6) is 0.246. The number of benzene rings is 1. The lowest BCUT2D eigenvalue weighted by atomic mass is 9.74. The van der Waals surface area contributed by atoms with E-state index in [2.05, 4.69) is 13.8 Å². The van der Waals surface area contributed by atoms with Crippen LogP contribution in [0.5, 0.6) is 0 Å². The number of ketones is 1. The zero-order valence-corrected chi connectivity index (χ0v) is 15.7. The molecule has 0 aromatic heterocycles. The number of unbranched alkanes of at least 4 members (excludes halogenated alkanes) is 2. The lowest BCUT2D eigenvalue weighted by molar-refractivity contribution is -0.127. The van der Waals surface area contributed by atoms with Crippen LogP contribution in [0.3, 0.4) is 0 Å². The molecule has 25 heavy (non-hydrogen) atoms. The van der Waals surface area contributed by atoms with Crippen molar-refractivity contribution in [1.82, 2.24) is 0 Å². The molecular formula is C22H32O3. The van der Waals surface area contributed by atoms with Crippen molar-refractivity contribution in [1.29, 1.82) is 0 Å². The van der Waals surface area contributed by atoms with Gasteiger partial charge in [-0.2, -0.15) is 0 Å². The first-order valence-electron chi connectivity index (χ1n) is 9.89. The van der Waals surface area contributed by atoms with Crippen molar-refractivity contribution in [2.45, 2.75) is 77.6 Å². The van der Waals surface area contributed by atoms with E-state index in [0.29, 0.717) is 11.7 Å². The van der Waals surface area contributed by atoms with Crippen molar-refractivity contribution in [3.8, 4) is 0 Å². The normalized spacial score (nSPS) is 16.9. The van der Waals surface area contributed by atoms with E-state index >= 15 is 0 Å². The zero-order chi connectivity index (χ0) is 18.2. The van der Waals surface area contributed by atoms with Crippen LogP contribution in [0.2, 0.25) is 0 Å². The Morgan fingerprint density at radius 3 is 2.28 bits per heavy atom. The zero-order valence-electron chi connectivity index (χ0n) is 15.7. The van der Waals surface area contributed by atoms with E-state index in [1.165, 1.54) is 25.7 Å². The van der Waals surface area contributed by atoms with Crippen molar-refractivity contribution in [3.63, 3.8) is 0 Å². The fourth-order valence-electron chi connectivity index (χ4n) is 3.65. The van der Waals surface area contributed by atoms with Crippen LogP contribution in [0.15, 0.2) is 24.3 Å². The van der Waals surface area contributed by atoms with E-state index < -0.39 is 5.97 Å². The molecule has 0 heterocycles. The molecule has 0 saturated heterocycles. The molecule has 1 aliphatic carbocycles. The van der Waals surface area contributed by atoms with Gasteiger partial charge in [0.15, 0.2) is 0 Å². The second-order valence-corrected chi connectivity index (χ2v) is 7.69. The Hall–Kier alpha value is -1.64. The number of Topliss-reactive ketones (excluding diaryl/α,β-unsaturated/α-hetero) is 1. The maximum atomic E-state index is 12.9. The maximum absolute atomic E-state index is 12.9. The fraction of sp³-hybridized carbons (Fsp3) is 0.636. The van der Waals surface area contributed by atoms with Gasteiger partial charge >= 0.3 is 5.97 Å². The molecule has 0 aliphatic heterocycles. The lowest BCUT2D eigenvalue weighted by Gasteiger charge is -2.29. The number of hydrogen-bond donors (Lipinski definition) is 1. The molecule has 1 N–H and O–H groups in total. The summed E-state index contributed by atoms with van der Waals surface area (Å²) in [5.41, 5.74) is 1.27. The number of hydrogen-bond acceptors (Lipinski definition) is 2. The van der Waals surface area contributed by atoms with E-state index in [-0.39, 0.29) is 17.4 Å². The number of carboxylic acids is 1. The first kappa shape index (κ1) is 19.7. The van der Waals surface area contributed by atoms with Gasteiger partial charge in [0.1, 0.15) is 5.78 Å². The van der Waals surface area contributed by atoms with Gasteiger partial charge in [-0.25, -0.2) is 4.79 Å². The third-order valence-electron chi connectivity index (χ3n) is 5.66. The molecule has 3 nitrogen and oxygen atoms in total. The highest BCUT2D eigenvalue weighted by atomic mass is 16.4. The third kappa shape index (κ3) is 5.69. The minimum atomic E-state index is -0.919. The van der Waals surface area contributed by atoms with Gasteiger partial charge < -0.3 is 5.11 Å². The Morgan fingerprint density at radius 2 is 1.76 bits per heavy atom. The topological polar surface area (TPSA) is 54.4 Å². The average molecular weight is 344 g/mol. The SMILES string of the molecule is CCCCCC(C)CC[C@H](C(=O)C1CCC1)c1ccc(C(=O)O)cc1. The van der Waals surface area contributed by atoms with Gasteiger partial charge in [0.25, 0.3) is 0 Å². The van der Waals surface area contributed by atoms with Crippen LogP contribution >= 0.6 is 0 Å². The van der Waals surface area contributed by atoms with Crippen LogP contribution in [0.25, 0.3) is 0 Å². The molecule has 1 unspecified atom stereocenters. The molecule has 138 valence electrons. The molecule has 1 aromatic rings. The number of carbonyl (C=O) groups excluding carboxylic acids is 1. The second-order valence-electron chi connectivity index (χ2n) is 7.69. The number of rotatable bonds is 11. The number of aromatic carboxylic acids is 1. The predicted molar refractivity (Wildman–Crippen MR) is 101 cm³/mol. The first-order chi connectivity index (χ1) is 12.0. The summed E-state index contributed by atoms with van der Waals surface area (Å²) in [5, 5.41) is 9.07. The highest BCUT2D eigenvalue weighted by molar-refractivity contribution is 5.90. The highest BCUT2D eigenvalue weighted by Crippen LogP contribution is 2.36. The summed E-state index contributed by atoms with van der Waals surface area (Å²) < 4.78 is 0. The Kier molecular flexibility index (Phi) is 7.67. The standard InChI is InChI=1S/C22H32O3/c1-3-4-5-7-16(2)10-15-20(21(23)18-8-6-9-18)17-11-13-19(14-12-17)22(24)25/h11-14,16,18,20H,3-10,15H2,1-2H3,(H,24,25)/t16?,20-/m0/s1. The number of carboxylic acid groups (broad SMARTS) is 1. The van der Waals surface area contributed by atoms with Crippen molar-refractivity contribution < 1.29 is 14.7 Å². The summed E-state index contributed by atoms with van der Waals surface area (Å²) in [4.78, 5) is 24.0. The second kappa shape index (κ2) is 9.74. The van der Waals surface area contributed by atoms with Crippen molar-refractivity contribution >= 4 is 11.8 Å². The van der Waals surface area contributed by atoms with E-state index in [4.69, 9.17) is 5.11 Å². The Balaban J connectivity index is 2.02. The summed E-state index contributed by atoms with van der Waals surface area (Å²) in [6.45, 7) is 4.51. The minimum absolute atomic E-state index is 0.0678. The van der Waals surface area contributed by atoms with Gasteiger partial charge in [0.05, 0.1) is 5.56 Å². The monoisotopic (exact) mass is 344 g/mol. The van der Waals surface area contributed by atoms with Gasteiger partial charge in [-0.05, 0) is 49.3 Å². The van der Waals surface area contributed by atoms with Gasteiger partial charge in [-0.1, -0.05) is 58.1 Å². The van der Waals surface area contributed by atoms with Crippen LogP contribution in [0.4, 0.5) is 0 Å². The Bertz CT molecular complexity index is 557. The first-order valence-corrected chi connectivity index (χ1v) is 9.89. The van der Waals surface area contributed by atoms with Crippen LogP contribution in [0, 0.1) is 11.8 Å². The van der Waals surface area contributed by atoms with E-state index in [0.717, 1.165) is 37.7 Å². The number of carbonyl (C=O) groups is 2. The molecule has 1 fully saturated rings. The smallest absolute Gasteiger partial charge is 0.335 e. The lowest BCUT2D eigenvalue weighted by Crippen LogP contribution is -2.27. The van der Waals surface area contributed by atoms with Crippen LogP contribution in [0.1, 0.15) is 93.5 Å². The van der Waals surface area contributed by atoms with E-state index in [1.807, 2.05) is 12.1 Å². The molecule has 3 heteroatoms. The highest BCUT2D eigenvalue weighted by Gasteiger charge is 2.32. The molecular weight excluding hydrogens is 312 g/mol. The van der Waals surface area contributed by atoms with Crippen molar-refractivity contribution in [2.24, 2.45) is 11.8 Å². The molecule has 0 amide bonds. The Morgan fingerprint density at radius 1 is 1.08 bits per heavy atom. The summed E-state index contributed by atoms with van der Waals surface area (Å²) in [6.07, 6.45) is 10.2. The summed E-state index contributed by atoms with van der Waals surface area (Å²) in [6, 6.07) is 6.94. The van der Waals surface area contributed by atoms with E-state index in [1.54, 1.807) is 12.1 Å². The minimum Gasteiger partial charge on any atom is -0.478 e. The molecule has 0 bridgehead atoms. The van der Waals surface area contributed by atoms with Gasteiger partial charge in [0, 0.05) is 11.8 Å². The molecule has 0 spiro atoms. The van der Waals surface area contributed by atoms with Crippen LogP contribution < -0.4 is 0 Å². The molecule has 2 rings (SSSR count). The maximum Gasteiger partial charge on any atom is 0.335 e. The Labute approximate surface area is 151 Å². The van der Waals surface area contributed by atoms with E-state index in [9.17, 15) is 9.59 Å². The molecule has 0 radical (unpaired) electrons. The molecule has 2 atom stereocenters. The average Bonchev–Trinajstić information content (AvgIpc) is 2.54. The van der Waals surface area contributed by atoms with Crippen molar-refractivity contribution in [2.75, 3.05) is 0 Å². The summed E-state index contributed by atoms with van der Waals surface area (Å²) in [7, 11) is 0. The molecule has 1 aromatic carbocycles. The predicted octanol–water partition coefficient (Wildman–Crippen LogP) is 5.83. The molecule has 1 aliphatic rings. The third-order valence-corrected chi connectivity index (χ3v) is 5.66.